The van der Waals surface area contributed by atoms with Crippen molar-refractivity contribution in [2.45, 2.75) is 38.3 Å². The van der Waals surface area contributed by atoms with Crippen LogP contribution in [-0.2, 0) is 20.8 Å². The average molecular weight is 317 g/mol. The smallest absolute Gasteiger partial charge is 0.303 e. The van der Waals surface area contributed by atoms with Gasteiger partial charge in [-0.15, -0.1) is 0 Å². The van der Waals surface area contributed by atoms with Crippen LogP contribution in [0.5, 0.6) is 0 Å². The second-order valence-electron chi connectivity index (χ2n) is 5.06. The maximum Gasteiger partial charge on any atom is 0.303 e. The molecule has 0 aromatic heterocycles. The van der Waals surface area contributed by atoms with Crippen LogP contribution in [0.1, 0.15) is 25.3 Å². The maximum atomic E-state index is 12.2. The Kier molecular flexibility index (Phi) is 7.27. The van der Waals surface area contributed by atoms with Crippen LogP contribution >= 0.6 is 0 Å². The van der Waals surface area contributed by atoms with Crippen molar-refractivity contribution in [1.82, 2.24) is 10.6 Å². The van der Waals surface area contributed by atoms with Gasteiger partial charge in [-0.2, -0.15) is 5.26 Å². The molecule has 0 aliphatic rings. The lowest BCUT2D eigenvalue weighted by Crippen LogP contribution is -2.50. The molecule has 2 unspecified atom stereocenters. The monoisotopic (exact) mass is 317 g/mol. The second-order valence-corrected chi connectivity index (χ2v) is 5.06. The SMILES string of the molecule is CC(C#N)NC(=O)C(Cc1ccccc1)NC(=O)CCC(=O)O. The highest BCUT2D eigenvalue weighted by atomic mass is 16.4. The number of benzene rings is 1. The number of carbonyl (C=O) groups excluding carboxylic acids is 2. The summed E-state index contributed by atoms with van der Waals surface area (Å²) in [6.07, 6.45) is -0.258. The molecule has 23 heavy (non-hydrogen) atoms. The summed E-state index contributed by atoms with van der Waals surface area (Å²) in [4.78, 5) is 34.5. The Bertz CT molecular complexity index is 595. The highest BCUT2D eigenvalue weighted by molar-refractivity contribution is 5.89. The zero-order valence-corrected chi connectivity index (χ0v) is 12.8. The molecule has 0 saturated heterocycles. The number of carboxylic acid groups (broad SMARTS) is 1. The van der Waals surface area contributed by atoms with E-state index in [1.54, 1.807) is 0 Å². The molecular weight excluding hydrogens is 298 g/mol. The zero-order valence-electron chi connectivity index (χ0n) is 12.8. The number of nitriles is 1. The van der Waals surface area contributed by atoms with Crippen LogP contribution < -0.4 is 10.6 Å². The average Bonchev–Trinajstić information content (AvgIpc) is 2.53. The molecule has 1 aromatic rings. The Labute approximate surface area is 134 Å². The topological polar surface area (TPSA) is 119 Å². The molecule has 2 atom stereocenters. The van der Waals surface area contributed by atoms with Crippen molar-refractivity contribution in [2.24, 2.45) is 0 Å². The van der Waals surface area contributed by atoms with Crippen LogP contribution in [0.25, 0.3) is 0 Å². The Balaban J connectivity index is 2.75. The van der Waals surface area contributed by atoms with Crippen molar-refractivity contribution in [3.05, 3.63) is 35.9 Å². The molecule has 0 fully saturated rings. The fourth-order valence-electron chi connectivity index (χ4n) is 1.89. The predicted octanol–water partition coefficient (Wildman–Crippen LogP) is 0.607. The van der Waals surface area contributed by atoms with Crippen LogP contribution in [0, 0.1) is 11.3 Å². The lowest BCUT2D eigenvalue weighted by atomic mass is 10.0. The van der Waals surface area contributed by atoms with Crippen LogP contribution in [-0.4, -0.2) is 35.0 Å². The van der Waals surface area contributed by atoms with E-state index in [1.807, 2.05) is 36.4 Å². The first-order chi connectivity index (χ1) is 10.9. The molecule has 0 heterocycles. The van der Waals surface area contributed by atoms with Crippen molar-refractivity contribution >= 4 is 17.8 Å². The van der Waals surface area contributed by atoms with E-state index in [4.69, 9.17) is 10.4 Å². The van der Waals surface area contributed by atoms with Gasteiger partial charge < -0.3 is 15.7 Å². The second kappa shape index (κ2) is 9.20. The number of hydrogen-bond donors (Lipinski definition) is 3. The Hall–Kier alpha value is -2.88. The molecule has 7 nitrogen and oxygen atoms in total. The summed E-state index contributed by atoms with van der Waals surface area (Å²) in [5.74, 6) is -2.08. The van der Waals surface area contributed by atoms with Crippen LogP contribution in [0.2, 0.25) is 0 Å². The molecular formula is C16H19N3O4. The molecule has 7 heteroatoms. The van der Waals surface area contributed by atoms with Gasteiger partial charge in [0.05, 0.1) is 12.5 Å². The summed E-state index contributed by atoms with van der Waals surface area (Å²) in [6.45, 7) is 1.53. The van der Waals surface area contributed by atoms with Crippen molar-refractivity contribution in [3.8, 4) is 6.07 Å². The van der Waals surface area contributed by atoms with E-state index in [0.717, 1.165) is 5.56 Å². The number of nitrogens with zero attached hydrogens (tertiary/aromatic N) is 1. The van der Waals surface area contributed by atoms with Gasteiger partial charge in [0.25, 0.3) is 0 Å². The van der Waals surface area contributed by atoms with Gasteiger partial charge in [-0.3, -0.25) is 14.4 Å². The molecule has 0 spiro atoms. The third kappa shape index (κ3) is 7.09. The standard InChI is InChI=1S/C16H19N3O4/c1-11(10-17)18-16(23)13(9-12-5-3-2-4-6-12)19-14(20)7-8-15(21)22/h2-6,11,13H,7-9H2,1H3,(H,18,23)(H,19,20)(H,21,22). The number of rotatable bonds is 8. The third-order valence-electron chi connectivity index (χ3n) is 3.05. The molecule has 122 valence electrons. The minimum absolute atomic E-state index is 0.207. The van der Waals surface area contributed by atoms with Crippen molar-refractivity contribution in [1.29, 1.82) is 5.26 Å². The summed E-state index contributed by atoms with van der Waals surface area (Å²) in [5.41, 5.74) is 0.843. The fraction of sp³-hybridized carbons (Fsp3) is 0.375. The fourth-order valence-corrected chi connectivity index (χ4v) is 1.89. The Morgan fingerprint density at radius 3 is 2.39 bits per heavy atom. The third-order valence-corrected chi connectivity index (χ3v) is 3.05. The highest BCUT2D eigenvalue weighted by Gasteiger charge is 2.22. The van der Waals surface area contributed by atoms with E-state index in [2.05, 4.69) is 10.6 Å². The van der Waals surface area contributed by atoms with Crippen LogP contribution in [0.15, 0.2) is 30.3 Å². The summed E-state index contributed by atoms with van der Waals surface area (Å²) in [6, 6.07) is 9.43. The van der Waals surface area contributed by atoms with Gasteiger partial charge in [0.2, 0.25) is 11.8 Å². The van der Waals surface area contributed by atoms with Crippen molar-refractivity contribution in [3.63, 3.8) is 0 Å². The van der Waals surface area contributed by atoms with E-state index in [9.17, 15) is 14.4 Å². The maximum absolute atomic E-state index is 12.2. The van der Waals surface area contributed by atoms with E-state index >= 15 is 0 Å². The number of carboxylic acids is 1. The van der Waals surface area contributed by atoms with Gasteiger partial charge in [0, 0.05) is 12.8 Å². The normalized spacial score (nSPS) is 12.5. The molecule has 1 aromatic carbocycles. The summed E-state index contributed by atoms with van der Waals surface area (Å²) in [5, 5.41) is 22.4. The first-order valence-corrected chi connectivity index (χ1v) is 7.17. The number of carbonyl (C=O) groups is 3. The van der Waals surface area contributed by atoms with Gasteiger partial charge >= 0.3 is 5.97 Å². The minimum Gasteiger partial charge on any atom is -0.481 e. The number of amides is 2. The van der Waals surface area contributed by atoms with Crippen LogP contribution in [0.4, 0.5) is 0 Å². The van der Waals surface area contributed by atoms with E-state index < -0.39 is 29.9 Å². The van der Waals surface area contributed by atoms with E-state index in [1.165, 1.54) is 6.92 Å². The Morgan fingerprint density at radius 2 is 1.83 bits per heavy atom. The molecule has 1 rings (SSSR count). The molecule has 3 N–H and O–H groups in total. The molecule has 0 bridgehead atoms. The first kappa shape index (κ1) is 18.2. The minimum atomic E-state index is -1.08. The van der Waals surface area contributed by atoms with Crippen molar-refractivity contribution < 1.29 is 19.5 Å². The van der Waals surface area contributed by atoms with Gasteiger partial charge in [-0.1, -0.05) is 30.3 Å². The van der Waals surface area contributed by atoms with E-state index in [0.29, 0.717) is 0 Å². The summed E-state index contributed by atoms with van der Waals surface area (Å²) >= 11 is 0. The number of nitrogens with one attached hydrogen (secondary N) is 2. The van der Waals surface area contributed by atoms with E-state index in [-0.39, 0.29) is 19.3 Å². The molecule has 0 aliphatic carbocycles. The molecule has 0 radical (unpaired) electrons. The first-order valence-electron chi connectivity index (χ1n) is 7.17. The zero-order chi connectivity index (χ0) is 17.2. The lowest BCUT2D eigenvalue weighted by molar-refractivity contribution is -0.139. The van der Waals surface area contributed by atoms with Gasteiger partial charge in [-0.25, -0.2) is 0 Å². The highest BCUT2D eigenvalue weighted by Crippen LogP contribution is 2.04. The Morgan fingerprint density at radius 1 is 1.17 bits per heavy atom. The van der Waals surface area contributed by atoms with Gasteiger partial charge in [0.1, 0.15) is 12.1 Å². The summed E-state index contributed by atoms with van der Waals surface area (Å²) < 4.78 is 0. The molecule has 0 saturated carbocycles. The predicted molar refractivity (Wildman–Crippen MR) is 82.2 cm³/mol. The lowest BCUT2D eigenvalue weighted by Gasteiger charge is -2.19. The van der Waals surface area contributed by atoms with Crippen LogP contribution in [0.3, 0.4) is 0 Å². The number of hydrogen-bond acceptors (Lipinski definition) is 4. The molecule has 0 aliphatic heterocycles. The largest absolute Gasteiger partial charge is 0.481 e. The van der Waals surface area contributed by atoms with Gasteiger partial charge in [-0.05, 0) is 12.5 Å². The van der Waals surface area contributed by atoms with Crippen molar-refractivity contribution in [2.75, 3.05) is 0 Å². The van der Waals surface area contributed by atoms with Gasteiger partial charge in [0.15, 0.2) is 0 Å². The molecule has 2 amide bonds. The summed E-state index contributed by atoms with van der Waals surface area (Å²) in [7, 11) is 0. The number of aliphatic carboxylic acids is 1. The quantitative estimate of drug-likeness (QED) is 0.649.